The summed E-state index contributed by atoms with van der Waals surface area (Å²) < 4.78 is 6.58. The minimum Gasteiger partial charge on any atom is -0.465 e. The third-order valence-electron chi connectivity index (χ3n) is 6.57. The Balaban J connectivity index is 1.31. The van der Waals surface area contributed by atoms with Crippen LogP contribution in [-0.2, 0) is 22.4 Å². The number of anilines is 1. The zero-order chi connectivity index (χ0) is 24.7. The second kappa shape index (κ2) is 9.23. The first-order valence-corrected chi connectivity index (χ1v) is 13.3. The van der Waals surface area contributed by atoms with Gasteiger partial charge < -0.3 is 10.1 Å². The van der Waals surface area contributed by atoms with Crippen LogP contribution in [0.3, 0.4) is 0 Å². The zero-order valence-electron chi connectivity index (χ0n) is 20.1. The van der Waals surface area contributed by atoms with Crippen molar-refractivity contribution in [3.63, 3.8) is 0 Å². The van der Waals surface area contributed by atoms with Crippen LogP contribution in [0, 0.1) is 11.3 Å². The number of nitrogens with zero attached hydrogens (tertiary/aromatic N) is 4. The SMILES string of the molecule is COC(=O)c1ccc(NC(=O)CSc2nnc3c4c5c(sc4ncn23)C[C@H](C(C)(C)C)CC5)cc1. The number of hydrogen-bond donors (Lipinski definition) is 1. The predicted octanol–water partition coefficient (Wildman–Crippen LogP) is 5.01. The van der Waals surface area contributed by atoms with E-state index in [9.17, 15) is 9.59 Å². The van der Waals surface area contributed by atoms with Gasteiger partial charge in [-0.15, -0.1) is 21.5 Å². The topological polar surface area (TPSA) is 98.5 Å². The van der Waals surface area contributed by atoms with Crippen LogP contribution in [0.15, 0.2) is 35.7 Å². The molecule has 1 aliphatic rings. The molecule has 1 N–H and O–H groups in total. The molecule has 3 heterocycles. The number of aromatic nitrogens is 4. The van der Waals surface area contributed by atoms with Crippen molar-refractivity contribution < 1.29 is 14.3 Å². The van der Waals surface area contributed by atoms with Gasteiger partial charge in [-0.1, -0.05) is 32.5 Å². The van der Waals surface area contributed by atoms with Gasteiger partial charge in [0, 0.05) is 10.6 Å². The highest BCUT2D eigenvalue weighted by Crippen LogP contribution is 2.43. The van der Waals surface area contributed by atoms with Gasteiger partial charge in [-0.05, 0) is 60.4 Å². The maximum atomic E-state index is 12.5. The summed E-state index contributed by atoms with van der Waals surface area (Å²) in [7, 11) is 1.33. The minimum atomic E-state index is -0.416. The van der Waals surface area contributed by atoms with Crippen molar-refractivity contribution in [2.75, 3.05) is 18.2 Å². The Labute approximate surface area is 211 Å². The number of aryl methyl sites for hydroxylation is 1. The lowest BCUT2D eigenvalue weighted by atomic mass is 9.72. The molecule has 3 aromatic heterocycles. The maximum absolute atomic E-state index is 12.5. The first kappa shape index (κ1) is 23.7. The van der Waals surface area contributed by atoms with Crippen molar-refractivity contribution in [2.24, 2.45) is 11.3 Å². The van der Waals surface area contributed by atoms with E-state index >= 15 is 0 Å². The smallest absolute Gasteiger partial charge is 0.337 e. The third-order valence-corrected chi connectivity index (χ3v) is 8.68. The van der Waals surface area contributed by atoms with E-state index in [0.717, 1.165) is 28.7 Å². The second-order valence-electron chi connectivity index (χ2n) is 9.82. The Morgan fingerprint density at radius 3 is 2.71 bits per heavy atom. The molecule has 1 amide bonds. The number of rotatable bonds is 5. The van der Waals surface area contributed by atoms with E-state index in [1.54, 1.807) is 41.9 Å². The Hall–Kier alpha value is -2.98. The fourth-order valence-corrected chi connectivity index (χ4v) is 6.49. The van der Waals surface area contributed by atoms with Crippen LogP contribution in [0.1, 0.15) is 48.0 Å². The highest BCUT2D eigenvalue weighted by molar-refractivity contribution is 7.99. The number of carbonyl (C=O) groups excluding carboxylic acids is 2. The number of nitrogens with one attached hydrogen (secondary N) is 1. The lowest BCUT2D eigenvalue weighted by Crippen LogP contribution is -2.26. The number of thiophene rings is 1. The van der Waals surface area contributed by atoms with Crippen LogP contribution in [0.5, 0.6) is 0 Å². The standard InChI is InChI=1S/C25H27N5O3S2/c1-25(2,3)15-7-10-17-18(11-15)35-22-20(17)21-28-29-24(30(21)13-26-22)34-12-19(31)27-16-8-5-14(6-9-16)23(32)33-4/h5-6,8-9,13,15H,7,10-12H2,1-4H3,(H,27,31)/t15-/m1/s1. The van der Waals surface area contributed by atoms with Gasteiger partial charge >= 0.3 is 5.97 Å². The molecule has 35 heavy (non-hydrogen) atoms. The molecule has 1 aromatic carbocycles. The molecule has 5 rings (SSSR count). The summed E-state index contributed by atoms with van der Waals surface area (Å²) in [5.41, 5.74) is 3.50. The Bertz CT molecular complexity index is 1420. The fourth-order valence-electron chi connectivity index (χ4n) is 4.53. The molecular weight excluding hydrogens is 482 g/mol. The summed E-state index contributed by atoms with van der Waals surface area (Å²) in [5, 5.41) is 13.4. The molecule has 0 spiro atoms. The monoisotopic (exact) mass is 509 g/mol. The van der Waals surface area contributed by atoms with Gasteiger partial charge in [0.2, 0.25) is 5.91 Å². The molecule has 1 atom stereocenters. The fraction of sp³-hybridized carbons (Fsp3) is 0.400. The van der Waals surface area contributed by atoms with Gasteiger partial charge in [0.25, 0.3) is 0 Å². The van der Waals surface area contributed by atoms with Crippen molar-refractivity contribution >= 4 is 56.5 Å². The molecule has 4 aromatic rings. The molecule has 0 saturated carbocycles. The Kier molecular flexibility index (Phi) is 6.27. The molecule has 0 fully saturated rings. The minimum absolute atomic E-state index is 0.173. The quantitative estimate of drug-likeness (QED) is 0.298. The second-order valence-corrected chi connectivity index (χ2v) is 11.8. The van der Waals surface area contributed by atoms with Crippen LogP contribution in [0.4, 0.5) is 5.69 Å². The van der Waals surface area contributed by atoms with E-state index < -0.39 is 5.97 Å². The molecular formula is C25H27N5O3S2. The number of thioether (sulfide) groups is 1. The number of benzene rings is 1. The predicted molar refractivity (Wildman–Crippen MR) is 138 cm³/mol. The van der Waals surface area contributed by atoms with Gasteiger partial charge in [-0.2, -0.15) is 0 Å². The van der Waals surface area contributed by atoms with E-state index in [4.69, 9.17) is 9.72 Å². The average molecular weight is 510 g/mol. The lowest BCUT2D eigenvalue weighted by molar-refractivity contribution is -0.113. The summed E-state index contributed by atoms with van der Waals surface area (Å²) in [4.78, 5) is 31.2. The summed E-state index contributed by atoms with van der Waals surface area (Å²) in [6, 6.07) is 6.57. The normalized spacial score (nSPS) is 15.8. The van der Waals surface area contributed by atoms with E-state index in [-0.39, 0.29) is 11.7 Å². The number of amides is 1. The zero-order valence-corrected chi connectivity index (χ0v) is 21.8. The van der Waals surface area contributed by atoms with Crippen molar-refractivity contribution in [1.29, 1.82) is 0 Å². The number of carbonyl (C=O) groups is 2. The van der Waals surface area contributed by atoms with Crippen molar-refractivity contribution in [3.05, 3.63) is 46.6 Å². The largest absolute Gasteiger partial charge is 0.465 e. The molecule has 1 aliphatic carbocycles. The molecule has 182 valence electrons. The number of ether oxygens (including phenoxy) is 1. The molecule has 10 heteroatoms. The lowest BCUT2D eigenvalue weighted by Gasteiger charge is -2.33. The molecule has 0 saturated heterocycles. The number of esters is 1. The van der Waals surface area contributed by atoms with E-state index in [2.05, 4.69) is 36.3 Å². The average Bonchev–Trinajstić information content (AvgIpc) is 3.42. The molecule has 0 aliphatic heterocycles. The van der Waals surface area contributed by atoms with Gasteiger partial charge in [0.05, 0.1) is 23.8 Å². The Morgan fingerprint density at radius 2 is 2.00 bits per heavy atom. The molecule has 8 nitrogen and oxygen atoms in total. The number of fused-ring (bicyclic) bond motifs is 5. The van der Waals surface area contributed by atoms with Gasteiger partial charge in [0.15, 0.2) is 10.8 Å². The highest BCUT2D eigenvalue weighted by atomic mass is 32.2. The summed E-state index contributed by atoms with van der Waals surface area (Å²) in [5.74, 6) is 0.249. The van der Waals surface area contributed by atoms with Crippen LogP contribution in [-0.4, -0.2) is 44.3 Å². The van der Waals surface area contributed by atoms with Crippen LogP contribution >= 0.6 is 23.1 Å². The van der Waals surface area contributed by atoms with Crippen molar-refractivity contribution in [2.45, 2.75) is 45.2 Å². The molecule has 0 radical (unpaired) electrons. The number of methoxy groups -OCH3 is 1. The molecule has 0 bridgehead atoms. The third kappa shape index (κ3) is 4.64. The first-order chi connectivity index (χ1) is 16.7. The van der Waals surface area contributed by atoms with Crippen LogP contribution < -0.4 is 5.32 Å². The van der Waals surface area contributed by atoms with Crippen LogP contribution in [0.25, 0.3) is 15.9 Å². The number of hydrogen-bond acceptors (Lipinski definition) is 8. The van der Waals surface area contributed by atoms with E-state index in [1.807, 2.05) is 4.40 Å². The van der Waals surface area contributed by atoms with Crippen molar-refractivity contribution in [3.8, 4) is 0 Å². The van der Waals surface area contributed by atoms with Crippen LogP contribution in [0.2, 0.25) is 0 Å². The van der Waals surface area contributed by atoms with Gasteiger partial charge in [0.1, 0.15) is 11.2 Å². The van der Waals surface area contributed by atoms with Gasteiger partial charge in [-0.25, -0.2) is 9.78 Å². The maximum Gasteiger partial charge on any atom is 0.337 e. The highest BCUT2D eigenvalue weighted by Gasteiger charge is 2.32. The van der Waals surface area contributed by atoms with E-state index in [0.29, 0.717) is 27.7 Å². The summed E-state index contributed by atoms with van der Waals surface area (Å²) in [6.07, 6.45) is 5.04. The molecule has 0 unspecified atom stereocenters. The van der Waals surface area contributed by atoms with E-state index in [1.165, 1.54) is 35.7 Å². The first-order valence-electron chi connectivity index (χ1n) is 11.5. The van der Waals surface area contributed by atoms with Crippen molar-refractivity contribution in [1.82, 2.24) is 19.6 Å². The van der Waals surface area contributed by atoms with Gasteiger partial charge in [-0.3, -0.25) is 9.20 Å². The Morgan fingerprint density at radius 1 is 1.23 bits per heavy atom. The summed E-state index contributed by atoms with van der Waals surface area (Å²) >= 11 is 3.09. The summed E-state index contributed by atoms with van der Waals surface area (Å²) in [6.45, 7) is 6.96.